The average Bonchev–Trinajstić information content (AvgIpc) is 2.40. The van der Waals surface area contributed by atoms with E-state index in [1.165, 1.54) is 0 Å². The monoisotopic (exact) mass is 361 g/mol. The number of halogens is 3. The smallest absolute Gasteiger partial charge is 0.0829 e. The van der Waals surface area contributed by atoms with E-state index in [1.54, 1.807) is 6.20 Å². The number of hydrogen-bond donors (Lipinski definition) is 1. The number of pyridine rings is 1. The molecule has 3 nitrogen and oxygen atoms in total. The van der Waals surface area contributed by atoms with Crippen LogP contribution in [0.5, 0.6) is 0 Å². The summed E-state index contributed by atoms with van der Waals surface area (Å²) >= 11 is 9.81. The second-order valence-electron chi connectivity index (χ2n) is 4.35. The predicted molar refractivity (Wildman–Crippen MR) is 86.8 cm³/mol. The first-order valence-electron chi connectivity index (χ1n) is 5.95. The number of benzene rings is 1. The van der Waals surface area contributed by atoms with Crippen LogP contribution in [0.4, 0.5) is 5.69 Å². The maximum atomic E-state index is 6.34. The van der Waals surface area contributed by atoms with Crippen LogP contribution in [0.3, 0.4) is 0 Å². The zero-order valence-electron chi connectivity index (χ0n) is 10.2. The molecule has 1 aromatic carbocycles. The third-order valence-electron chi connectivity index (χ3n) is 3.19. The molecule has 1 saturated heterocycles. The van der Waals surface area contributed by atoms with E-state index >= 15 is 0 Å². The summed E-state index contributed by atoms with van der Waals surface area (Å²) < 4.78 is 1.04. The molecule has 2 aromatic rings. The van der Waals surface area contributed by atoms with Crippen LogP contribution in [0, 0.1) is 0 Å². The van der Waals surface area contributed by atoms with Crippen molar-refractivity contribution in [3.63, 3.8) is 0 Å². The van der Waals surface area contributed by atoms with Crippen molar-refractivity contribution in [1.29, 1.82) is 0 Å². The molecule has 0 atom stereocenters. The lowest BCUT2D eigenvalue weighted by Gasteiger charge is -2.31. The Bertz CT molecular complexity index is 585. The van der Waals surface area contributed by atoms with E-state index in [0.717, 1.165) is 52.3 Å². The van der Waals surface area contributed by atoms with Gasteiger partial charge in [0, 0.05) is 42.2 Å². The van der Waals surface area contributed by atoms with Crippen LogP contribution in [-0.2, 0) is 0 Å². The number of nitrogens with zero attached hydrogens (tertiary/aromatic N) is 2. The molecule has 1 aromatic heterocycles. The van der Waals surface area contributed by atoms with Crippen molar-refractivity contribution in [2.45, 2.75) is 0 Å². The zero-order chi connectivity index (χ0) is 12.5. The van der Waals surface area contributed by atoms with Crippen molar-refractivity contribution < 1.29 is 0 Å². The molecule has 0 spiro atoms. The molecular weight excluding hydrogens is 349 g/mol. The Kier molecular flexibility index (Phi) is 4.90. The molecule has 102 valence electrons. The van der Waals surface area contributed by atoms with Gasteiger partial charge in [0.25, 0.3) is 0 Å². The number of nitrogens with one attached hydrogen (secondary N) is 1. The average molecular weight is 363 g/mol. The highest BCUT2D eigenvalue weighted by Gasteiger charge is 2.17. The summed E-state index contributed by atoms with van der Waals surface area (Å²) in [6.07, 6.45) is 1.74. The molecule has 2 heterocycles. The maximum Gasteiger partial charge on any atom is 0.0829 e. The van der Waals surface area contributed by atoms with E-state index in [0.29, 0.717) is 0 Å². The van der Waals surface area contributed by atoms with Gasteiger partial charge in [-0.25, -0.2) is 0 Å². The fraction of sp³-hybridized carbons (Fsp3) is 0.308. The molecule has 0 unspecified atom stereocenters. The van der Waals surface area contributed by atoms with Gasteiger partial charge in [-0.3, -0.25) is 4.98 Å². The van der Waals surface area contributed by atoms with E-state index in [9.17, 15) is 0 Å². The van der Waals surface area contributed by atoms with Crippen LogP contribution in [0.15, 0.2) is 28.9 Å². The van der Waals surface area contributed by atoms with E-state index in [2.05, 4.69) is 37.2 Å². The fourth-order valence-electron chi connectivity index (χ4n) is 2.34. The van der Waals surface area contributed by atoms with E-state index in [4.69, 9.17) is 11.6 Å². The molecule has 0 bridgehead atoms. The minimum Gasteiger partial charge on any atom is -0.367 e. The van der Waals surface area contributed by atoms with Gasteiger partial charge in [0.2, 0.25) is 0 Å². The Hall–Kier alpha value is -0.550. The Labute approximate surface area is 131 Å². The summed E-state index contributed by atoms with van der Waals surface area (Å²) in [6.45, 7) is 3.96. The van der Waals surface area contributed by atoms with Crippen molar-refractivity contribution in [3.05, 3.63) is 33.9 Å². The van der Waals surface area contributed by atoms with Gasteiger partial charge in [0.15, 0.2) is 0 Å². The number of piperazine rings is 1. The van der Waals surface area contributed by atoms with E-state index in [1.807, 2.05) is 12.1 Å². The summed E-state index contributed by atoms with van der Waals surface area (Å²) in [6, 6.07) is 6.14. The first-order valence-corrected chi connectivity index (χ1v) is 7.12. The lowest BCUT2D eigenvalue weighted by Crippen LogP contribution is -2.43. The topological polar surface area (TPSA) is 28.2 Å². The Morgan fingerprint density at radius 1 is 1.26 bits per heavy atom. The Balaban J connectivity index is 0.00000133. The molecule has 0 amide bonds. The number of anilines is 1. The van der Waals surface area contributed by atoms with Crippen LogP contribution in [0.2, 0.25) is 5.02 Å². The van der Waals surface area contributed by atoms with Gasteiger partial charge in [0.1, 0.15) is 0 Å². The summed E-state index contributed by atoms with van der Waals surface area (Å²) in [5.41, 5.74) is 2.08. The molecule has 1 N–H and O–H groups in total. The molecule has 0 saturated carbocycles. The van der Waals surface area contributed by atoms with Crippen molar-refractivity contribution in [3.8, 4) is 0 Å². The number of aromatic nitrogens is 1. The zero-order valence-corrected chi connectivity index (χ0v) is 13.4. The van der Waals surface area contributed by atoms with Crippen LogP contribution in [0.25, 0.3) is 10.9 Å². The molecule has 1 aliphatic heterocycles. The second-order valence-corrected chi connectivity index (χ2v) is 5.68. The Morgan fingerprint density at radius 2 is 2.00 bits per heavy atom. The van der Waals surface area contributed by atoms with Crippen molar-refractivity contribution >= 4 is 56.5 Å². The number of rotatable bonds is 1. The van der Waals surface area contributed by atoms with Crippen LogP contribution < -0.4 is 10.2 Å². The minimum atomic E-state index is 0. The van der Waals surface area contributed by atoms with E-state index in [-0.39, 0.29) is 12.4 Å². The highest BCUT2D eigenvalue weighted by molar-refractivity contribution is 9.10. The normalized spacial score (nSPS) is 15.4. The van der Waals surface area contributed by atoms with Gasteiger partial charge >= 0.3 is 0 Å². The van der Waals surface area contributed by atoms with Gasteiger partial charge in [0.05, 0.1) is 16.2 Å². The van der Waals surface area contributed by atoms with Crippen molar-refractivity contribution in [1.82, 2.24) is 10.3 Å². The quantitative estimate of drug-likeness (QED) is 0.841. The first kappa shape index (κ1) is 14.9. The van der Waals surface area contributed by atoms with Gasteiger partial charge in [-0.05, 0) is 18.2 Å². The highest BCUT2D eigenvalue weighted by Crippen LogP contribution is 2.34. The number of hydrogen-bond acceptors (Lipinski definition) is 3. The summed E-state index contributed by atoms with van der Waals surface area (Å²) in [4.78, 5) is 6.72. The molecule has 1 aliphatic rings. The summed E-state index contributed by atoms with van der Waals surface area (Å²) in [7, 11) is 0. The minimum absolute atomic E-state index is 0. The van der Waals surface area contributed by atoms with Crippen molar-refractivity contribution in [2.24, 2.45) is 0 Å². The molecule has 6 heteroatoms. The molecule has 3 rings (SSSR count). The lowest BCUT2D eigenvalue weighted by molar-refractivity contribution is 0.590. The summed E-state index contributed by atoms with van der Waals surface area (Å²) in [5, 5.41) is 5.20. The van der Waals surface area contributed by atoms with Crippen LogP contribution >= 0.6 is 39.9 Å². The Morgan fingerprint density at radius 3 is 2.74 bits per heavy atom. The third kappa shape index (κ3) is 2.97. The third-order valence-corrected chi connectivity index (χ3v) is 3.96. The van der Waals surface area contributed by atoms with E-state index < -0.39 is 0 Å². The predicted octanol–water partition coefficient (Wildman–Crippen LogP) is 3.48. The van der Waals surface area contributed by atoms with Crippen LogP contribution in [-0.4, -0.2) is 31.2 Å². The second kappa shape index (κ2) is 6.27. The molecule has 19 heavy (non-hydrogen) atoms. The lowest BCUT2D eigenvalue weighted by atomic mass is 10.1. The van der Waals surface area contributed by atoms with Gasteiger partial charge < -0.3 is 10.2 Å². The molecular formula is C13H14BrCl2N3. The molecule has 1 fully saturated rings. The van der Waals surface area contributed by atoms with Gasteiger partial charge in [-0.2, -0.15) is 0 Å². The number of fused-ring (bicyclic) bond motifs is 1. The molecule has 0 aliphatic carbocycles. The van der Waals surface area contributed by atoms with Crippen molar-refractivity contribution in [2.75, 3.05) is 31.1 Å². The SMILES string of the molecule is Cl.Clc1cnc2cc(Br)ccc2c1N1CCNCC1. The van der Waals surface area contributed by atoms with Gasteiger partial charge in [-0.15, -0.1) is 12.4 Å². The van der Waals surface area contributed by atoms with Gasteiger partial charge in [-0.1, -0.05) is 27.5 Å². The van der Waals surface area contributed by atoms with Crippen LogP contribution in [0.1, 0.15) is 0 Å². The summed E-state index contributed by atoms with van der Waals surface area (Å²) in [5.74, 6) is 0. The molecule has 0 radical (unpaired) electrons. The fourth-order valence-corrected chi connectivity index (χ4v) is 2.96. The first-order chi connectivity index (χ1) is 8.75. The largest absolute Gasteiger partial charge is 0.367 e. The highest BCUT2D eigenvalue weighted by atomic mass is 79.9. The standard InChI is InChI=1S/C13H13BrClN3.ClH/c14-9-1-2-10-12(7-9)17-8-11(15)13(10)18-5-3-16-4-6-18;/h1-2,7-8,16H,3-6H2;1H. The maximum absolute atomic E-state index is 6.34.